The molecular formula is C18H15FN2O3. The maximum absolute atomic E-state index is 13.7. The van der Waals surface area contributed by atoms with Gasteiger partial charge in [0.25, 0.3) is 5.56 Å². The Kier molecular flexibility index (Phi) is 4.04. The van der Waals surface area contributed by atoms with Gasteiger partial charge in [0, 0.05) is 18.6 Å². The van der Waals surface area contributed by atoms with Gasteiger partial charge >= 0.3 is 0 Å². The van der Waals surface area contributed by atoms with Crippen LogP contribution in [0.4, 0.5) is 10.1 Å². The lowest BCUT2D eigenvalue weighted by atomic mass is 10.1. The van der Waals surface area contributed by atoms with Crippen molar-refractivity contribution in [1.82, 2.24) is 4.57 Å². The summed E-state index contributed by atoms with van der Waals surface area (Å²) < 4.78 is 20.0. The van der Waals surface area contributed by atoms with Crippen molar-refractivity contribution in [2.24, 2.45) is 12.0 Å². The Labute approximate surface area is 137 Å². The highest BCUT2D eigenvalue weighted by atomic mass is 19.1. The molecule has 0 saturated heterocycles. The van der Waals surface area contributed by atoms with Crippen LogP contribution < -0.4 is 10.3 Å². The van der Waals surface area contributed by atoms with Crippen molar-refractivity contribution in [2.75, 3.05) is 7.11 Å². The lowest BCUT2D eigenvalue weighted by Gasteiger charge is -2.10. The molecule has 0 spiro atoms. The molecule has 3 aromatic rings. The molecular weight excluding hydrogens is 311 g/mol. The number of ether oxygens (including phenoxy) is 1. The number of benzene rings is 2. The molecule has 2 aromatic carbocycles. The van der Waals surface area contributed by atoms with Crippen LogP contribution in [0.5, 0.6) is 11.6 Å². The number of rotatable bonds is 3. The van der Waals surface area contributed by atoms with Gasteiger partial charge < -0.3 is 9.84 Å². The first kappa shape index (κ1) is 15.7. The number of pyridine rings is 1. The van der Waals surface area contributed by atoms with E-state index in [1.54, 1.807) is 30.3 Å². The number of para-hydroxylation sites is 1. The van der Waals surface area contributed by atoms with Gasteiger partial charge in [-0.3, -0.25) is 14.4 Å². The largest absolute Gasteiger partial charge is 0.497 e. The fourth-order valence-corrected chi connectivity index (χ4v) is 2.46. The second-order valence-corrected chi connectivity index (χ2v) is 5.22. The molecule has 0 saturated carbocycles. The molecule has 6 heteroatoms. The highest BCUT2D eigenvalue weighted by Crippen LogP contribution is 2.26. The van der Waals surface area contributed by atoms with Crippen molar-refractivity contribution in [3.63, 3.8) is 0 Å². The molecule has 0 aliphatic rings. The van der Waals surface area contributed by atoms with Crippen molar-refractivity contribution >= 4 is 22.7 Å². The van der Waals surface area contributed by atoms with Crippen LogP contribution in [0.1, 0.15) is 5.56 Å². The van der Waals surface area contributed by atoms with E-state index < -0.39 is 5.82 Å². The molecule has 0 amide bonds. The molecule has 1 N–H and O–H groups in total. The van der Waals surface area contributed by atoms with E-state index in [4.69, 9.17) is 4.74 Å². The monoisotopic (exact) mass is 326 g/mol. The molecule has 0 atom stereocenters. The molecule has 1 aromatic heterocycles. The Morgan fingerprint density at radius 2 is 1.96 bits per heavy atom. The van der Waals surface area contributed by atoms with Gasteiger partial charge in [-0.05, 0) is 30.3 Å². The third-order valence-corrected chi connectivity index (χ3v) is 3.80. The minimum atomic E-state index is -0.468. The Morgan fingerprint density at radius 3 is 2.67 bits per heavy atom. The van der Waals surface area contributed by atoms with E-state index in [2.05, 4.69) is 4.99 Å². The summed E-state index contributed by atoms with van der Waals surface area (Å²) >= 11 is 0. The average molecular weight is 326 g/mol. The van der Waals surface area contributed by atoms with Crippen molar-refractivity contribution in [2.45, 2.75) is 0 Å². The van der Waals surface area contributed by atoms with Crippen molar-refractivity contribution in [3.05, 3.63) is 64.2 Å². The van der Waals surface area contributed by atoms with Crippen LogP contribution in [0.3, 0.4) is 0 Å². The Hall–Kier alpha value is -3.15. The standard InChI is InChI=1S/C18H15FN2O3/c1-21-17(22)13-9-11(24-2)7-8-12(13)14(18(21)23)10-20-16-6-4-3-5-15(16)19/h3-10,23H,1-2H3. The van der Waals surface area contributed by atoms with E-state index >= 15 is 0 Å². The molecule has 0 aliphatic carbocycles. The van der Waals surface area contributed by atoms with Crippen molar-refractivity contribution in [3.8, 4) is 11.6 Å². The summed E-state index contributed by atoms with van der Waals surface area (Å²) in [5.74, 6) is -0.177. The molecule has 0 radical (unpaired) electrons. The SMILES string of the molecule is COc1ccc2c(C=Nc3ccccc3F)c(O)n(C)c(=O)c2c1. The molecule has 122 valence electrons. The number of aromatic hydroxyl groups is 1. The fraction of sp³-hybridized carbons (Fsp3) is 0.111. The first-order valence-electron chi connectivity index (χ1n) is 7.21. The zero-order chi connectivity index (χ0) is 17.3. The second-order valence-electron chi connectivity index (χ2n) is 5.22. The topological polar surface area (TPSA) is 63.8 Å². The first-order valence-corrected chi connectivity index (χ1v) is 7.21. The van der Waals surface area contributed by atoms with Gasteiger partial charge in [0.1, 0.15) is 11.6 Å². The van der Waals surface area contributed by atoms with Gasteiger partial charge in [-0.25, -0.2) is 4.39 Å². The zero-order valence-electron chi connectivity index (χ0n) is 13.2. The minimum absolute atomic E-state index is 0.146. The summed E-state index contributed by atoms with van der Waals surface area (Å²) in [6, 6.07) is 11.0. The molecule has 1 heterocycles. The summed E-state index contributed by atoms with van der Waals surface area (Å²) in [6.07, 6.45) is 1.35. The predicted octanol–water partition coefficient (Wildman–Crippen LogP) is 3.14. The number of methoxy groups -OCH3 is 1. The number of aliphatic imine (C=N–C) groups is 1. The van der Waals surface area contributed by atoms with Crippen LogP contribution in [0, 0.1) is 5.82 Å². The summed E-state index contributed by atoms with van der Waals surface area (Å²) in [7, 11) is 2.96. The quantitative estimate of drug-likeness (QED) is 0.752. The van der Waals surface area contributed by atoms with Crippen LogP contribution in [0.2, 0.25) is 0 Å². The van der Waals surface area contributed by atoms with Crippen LogP contribution >= 0.6 is 0 Å². The third-order valence-electron chi connectivity index (χ3n) is 3.80. The minimum Gasteiger partial charge on any atom is -0.497 e. The summed E-state index contributed by atoms with van der Waals surface area (Å²) in [5.41, 5.74) is 0.120. The van der Waals surface area contributed by atoms with Gasteiger partial charge in [0.05, 0.1) is 23.7 Å². The van der Waals surface area contributed by atoms with Gasteiger partial charge in [-0.1, -0.05) is 12.1 Å². The molecule has 0 aliphatic heterocycles. The lowest BCUT2D eigenvalue weighted by Crippen LogP contribution is -2.18. The van der Waals surface area contributed by atoms with E-state index in [9.17, 15) is 14.3 Å². The van der Waals surface area contributed by atoms with E-state index in [-0.39, 0.29) is 17.1 Å². The van der Waals surface area contributed by atoms with E-state index in [0.717, 1.165) is 4.57 Å². The number of nitrogens with zero attached hydrogens (tertiary/aromatic N) is 2. The van der Waals surface area contributed by atoms with Crippen molar-refractivity contribution in [1.29, 1.82) is 0 Å². The van der Waals surface area contributed by atoms with E-state index in [1.807, 2.05) is 0 Å². The Bertz CT molecular complexity index is 1010. The zero-order valence-corrected chi connectivity index (χ0v) is 13.2. The van der Waals surface area contributed by atoms with Crippen LogP contribution in [-0.4, -0.2) is 23.0 Å². The summed E-state index contributed by atoms with van der Waals surface area (Å²) in [4.78, 5) is 16.4. The van der Waals surface area contributed by atoms with Gasteiger partial charge in [-0.15, -0.1) is 0 Å². The second kappa shape index (κ2) is 6.16. The smallest absolute Gasteiger partial charge is 0.261 e. The van der Waals surface area contributed by atoms with Gasteiger partial charge in [0.15, 0.2) is 0 Å². The molecule has 0 fully saturated rings. The number of aromatic nitrogens is 1. The average Bonchev–Trinajstić information content (AvgIpc) is 2.61. The fourth-order valence-electron chi connectivity index (χ4n) is 2.46. The number of hydrogen-bond acceptors (Lipinski definition) is 4. The predicted molar refractivity (Wildman–Crippen MR) is 91.1 cm³/mol. The van der Waals surface area contributed by atoms with E-state index in [1.165, 1.54) is 32.5 Å². The maximum atomic E-state index is 13.7. The van der Waals surface area contributed by atoms with Crippen LogP contribution in [0.15, 0.2) is 52.3 Å². The first-order chi connectivity index (χ1) is 11.5. The third kappa shape index (κ3) is 2.62. The van der Waals surface area contributed by atoms with Crippen LogP contribution in [-0.2, 0) is 7.05 Å². The number of fused-ring (bicyclic) bond motifs is 1. The summed E-state index contributed by atoms with van der Waals surface area (Å²) in [6.45, 7) is 0. The number of hydrogen-bond donors (Lipinski definition) is 1. The molecule has 5 nitrogen and oxygen atoms in total. The Balaban J connectivity index is 2.24. The maximum Gasteiger partial charge on any atom is 0.261 e. The molecule has 3 rings (SSSR count). The number of halogens is 1. The van der Waals surface area contributed by atoms with Gasteiger partial charge in [-0.2, -0.15) is 0 Å². The highest BCUT2D eigenvalue weighted by Gasteiger charge is 2.13. The molecule has 0 unspecified atom stereocenters. The van der Waals surface area contributed by atoms with E-state index in [0.29, 0.717) is 22.1 Å². The van der Waals surface area contributed by atoms with Crippen molar-refractivity contribution < 1.29 is 14.2 Å². The summed E-state index contributed by atoms with van der Waals surface area (Å²) in [5, 5.41) is 11.2. The molecule has 0 bridgehead atoms. The normalized spacial score (nSPS) is 11.3. The van der Waals surface area contributed by atoms with Crippen LogP contribution in [0.25, 0.3) is 10.8 Å². The highest BCUT2D eigenvalue weighted by molar-refractivity contribution is 6.02. The van der Waals surface area contributed by atoms with Gasteiger partial charge in [0.2, 0.25) is 5.88 Å². The molecule has 24 heavy (non-hydrogen) atoms. The Morgan fingerprint density at radius 1 is 1.21 bits per heavy atom. The lowest BCUT2D eigenvalue weighted by molar-refractivity contribution is 0.414.